The van der Waals surface area contributed by atoms with Crippen LogP contribution in [0.15, 0.2) is 53.7 Å². The number of rotatable bonds is 8. The van der Waals surface area contributed by atoms with Crippen LogP contribution in [0, 0.1) is 5.92 Å². The second-order valence-electron chi connectivity index (χ2n) is 6.06. The molecule has 0 spiro atoms. The van der Waals surface area contributed by atoms with Crippen LogP contribution in [-0.2, 0) is 14.8 Å². The fourth-order valence-electron chi connectivity index (χ4n) is 2.04. The Hall–Kier alpha value is -2.78. The van der Waals surface area contributed by atoms with E-state index in [-0.39, 0.29) is 35.7 Å². The number of anilines is 1. The molecule has 2 amide bonds. The van der Waals surface area contributed by atoms with Gasteiger partial charge in [0, 0.05) is 42.7 Å². The lowest BCUT2D eigenvalue weighted by atomic mass is 10.1. The molecule has 0 saturated carbocycles. The second-order valence-corrected chi connectivity index (χ2v) is 7.83. The van der Waals surface area contributed by atoms with Gasteiger partial charge < -0.3 is 10.6 Å². The summed E-state index contributed by atoms with van der Waals surface area (Å²) in [7, 11) is -3.65. The van der Waals surface area contributed by atoms with Gasteiger partial charge in [0.15, 0.2) is 0 Å². The van der Waals surface area contributed by atoms with Crippen molar-refractivity contribution in [3.05, 3.63) is 54.4 Å². The van der Waals surface area contributed by atoms with Gasteiger partial charge in [-0.25, -0.2) is 13.1 Å². The SMILES string of the molecule is CC(C)C(=O)Nc1ccc(C(=O)NCCNS(=O)(=O)c2cccnc2)cc1. The normalized spacial score (nSPS) is 11.2. The molecular formula is C18H22N4O4S. The fourth-order valence-corrected chi connectivity index (χ4v) is 3.04. The second kappa shape index (κ2) is 9.24. The number of nitrogens with one attached hydrogen (secondary N) is 3. The lowest BCUT2D eigenvalue weighted by Gasteiger charge is -2.09. The molecule has 0 aliphatic carbocycles. The molecule has 0 saturated heterocycles. The lowest BCUT2D eigenvalue weighted by molar-refractivity contribution is -0.118. The standard InChI is InChI=1S/C18H22N4O4S/c1-13(2)17(23)22-15-7-5-14(6-8-15)18(24)20-10-11-21-27(25,26)16-4-3-9-19-12-16/h3-9,12-13,21H,10-11H2,1-2H3,(H,20,24)(H,22,23). The van der Waals surface area contributed by atoms with E-state index in [1.807, 2.05) is 0 Å². The summed E-state index contributed by atoms with van der Waals surface area (Å²) in [5.41, 5.74) is 1.02. The molecule has 0 aliphatic rings. The zero-order chi connectivity index (χ0) is 19.9. The number of hydrogen-bond acceptors (Lipinski definition) is 5. The molecule has 3 N–H and O–H groups in total. The Labute approximate surface area is 158 Å². The lowest BCUT2D eigenvalue weighted by Crippen LogP contribution is -2.34. The number of nitrogens with zero attached hydrogens (tertiary/aromatic N) is 1. The highest BCUT2D eigenvalue weighted by atomic mass is 32.2. The van der Waals surface area contributed by atoms with Gasteiger partial charge in [0.05, 0.1) is 0 Å². The number of sulfonamides is 1. The summed E-state index contributed by atoms with van der Waals surface area (Å²) in [6.07, 6.45) is 2.74. The number of hydrogen-bond donors (Lipinski definition) is 3. The van der Waals surface area contributed by atoms with Gasteiger partial charge in [-0.3, -0.25) is 14.6 Å². The van der Waals surface area contributed by atoms with Crippen LogP contribution in [0.2, 0.25) is 0 Å². The summed E-state index contributed by atoms with van der Waals surface area (Å²) < 4.78 is 26.4. The van der Waals surface area contributed by atoms with Crippen molar-refractivity contribution in [2.75, 3.05) is 18.4 Å². The first kappa shape index (κ1) is 20.5. The minimum absolute atomic E-state index is 0.0471. The van der Waals surface area contributed by atoms with Gasteiger partial charge in [-0.05, 0) is 36.4 Å². The predicted octanol–water partition coefficient (Wildman–Crippen LogP) is 1.38. The number of amides is 2. The van der Waals surface area contributed by atoms with Crippen LogP contribution >= 0.6 is 0 Å². The third-order valence-corrected chi connectivity index (χ3v) is 5.03. The molecule has 2 rings (SSSR count). The zero-order valence-electron chi connectivity index (χ0n) is 15.1. The van der Waals surface area contributed by atoms with Gasteiger partial charge in [0.2, 0.25) is 15.9 Å². The molecule has 2 aromatic rings. The number of carbonyl (C=O) groups excluding carboxylic acids is 2. The Bertz CT molecular complexity index is 881. The van der Waals surface area contributed by atoms with Gasteiger partial charge in [0.25, 0.3) is 5.91 Å². The van der Waals surface area contributed by atoms with Crippen molar-refractivity contribution in [1.29, 1.82) is 0 Å². The van der Waals surface area contributed by atoms with E-state index in [4.69, 9.17) is 0 Å². The molecule has 1 heterocycles. The van der Waals surface area contributed by atoms with Crippen LogP contribution in [0.25, 0.3) is 0 Å². The van der Waals surface area contributed by atoms with E-state index in [1.54, 1.807) is 38.1 Å². The average molecular weight is 390 g/mol. The highest BCUT2D eigenvalue weighted by Crippen LogP contribution is 2.11. The van der Waals surface area contributed by atoms with Gasteiger partial charge in [0.1, 0.15) is 4.90 Å². The quantitative estimate of drug-likeness (QED) is 0.589. The Morgan fingerprint density at radius 3 is 2.37 bits per heavy atom. The molecule has 0 radical (unpaired) electrons. The van der Waals surface area contributed by atoms with E-state index in [2.05, 4.69) is 20.3 Å². The Morgan fingerprint density at radius 2 is 1.78 bits per heavy atom. The van der Waals surface area contributed by atoms with E-state index in [0.717, 1.165) is 0 Å². The average Bonchev–Trinajstić information content (AvgIpc) is 2.66. The van der Waals surface area contributed by atoms with Crippen LogP contribution in [0.1, 0.15) is 24.2 Å². The van der Waals surface area contributed by atoms with Crippen molar-refractivity contribution in [2.24, 2.45) is 5.92 Å². The first-order valence-corrected chi connectivity index (χ1v) is 9.87. The van der Waals surface area contributed by atoms with E-state index < -0.39 is 10.0 Å². The Morgan fingerprint density at radius 1 is 1.07 bits per heavy atom. The van der Waals surface area contributed by atoms with E-state index in [1.165, 1.54) is 24.5 Å². The Kier molecular flexibility index (Phi) is 7.03. The molecule has 144 valence electrons. The number of benzene rings is 1. The van der Waals surface area contributed by atoms with Crippen LogP contribution in [0.3, 0.4) is 0 Å². The third-order valence-electron chi connectivity index (χ3n) is 3.59. The number of pyridine rings is 1. The molecule has 0 aliphatic heterocycles. The van der Waals surface area contributed by atoms with Crippen LogP contribution < -0.4 is 15.4 Å². The molecule has 0 bridgehead atoms. The molecule has 0 unspecified atom stereocenters. The van der Waals surface area contributed by atoms with Crippen molar-refractivity contribution in [3.8, 4) is 0 Å². The van der Waals surface area contributed by atoms with Crippen molar-refractivity contribution in [2.45, 2.75) is 18.7 Å². The molecule has 9 heteroatoms. The third kappa shape index (κ3) is 6.15. The molecule has 27 heavy (non-hydrogen) atoms. The minimum atomic E-state index is -3.65. The van der Waals surface area contributed by atoms with Crippen LogP contribution in [-0.4, -0.2) is 38.3 Å². The van der Waals surface area contributed by atoms with Gasteiger partial charge in [-0.1, -0.05) is 13.8 Å². The first-order valence-electron chi connectivity index (χ1n) is 8.38. The van der Waals surface area contributed by atoms with Crippen LogP contribution in [0.4, 0.5) is 5.69 Å². The molecular weight excluding hydrogens is 368 g/mol. The maximum absolute atomic E-state index is 12.1. The minimum Gasteiger partial charge on any atom is -0.351 e. The van der Waals surface area contributed by atoms with Gasteiger partial charge >= 0.3 is 0 Å². The maximum Gasteiger partial charge on any atom is 0.251 e. The molecule has 8 nitrogen and oxygen atoms in total. The zero-order valence-corrected chi connectivity index (χ0v) is 15.9. The van der Waals surface area contributed by atoms with Crippen molar-refractivity contribution in [3.63, 3.8) is 0 Å². The largest absolute Gasteiger partial charge is 0.351 e. The monoisotopic (exact) mass is 390 g/mol. The molecule has 0 fully saturated rings. The van der Waals surface area contributed by atoms with Gasteiger partial charge in [-0.2, -0.15) is 0 Å². The summed E-state index contributed by atoms with van der Waals surface area (Å²) >= 11 is 0. The summed E-state index contributed by atoms with van der Waals surface area (Å²) in [5, 5.41) is 5.37. The summed E-state index contributed by atoms with van der Waals surface area (Å²) in [5.74, 6) is -0.575. The Balaban J connectivity index is 1.81. The van der Waals surface area contributed by atoms with Crippen molar-refractivity contribution in [1.82, 2.24) is 15.0 Å². The van der Waals surface area contributed by atoms with E-state index >= 15 is 0 Å². The molecule has 1 aromatic carbocycles. The highest BCUT2D eigenvalue weighted by Gasteiger charge is 2.13. The summed E-state index contributed by atoms with van der Waals surface area (Å²) in [6, 6.07) is 9.42. The number of carbonyl (C=O) groups is 2. The van der Waals surface area contributed by atoms with Gasteiger partial charge in [-0.15, -0.1) is 0 Å². The smallest absolute Gasteiger partial charge is 0.251 e. The first-order chi connectivity index (χ1) is 12.8. The van der Waals surface area contributed by atoms with Crippen LogP contribution in [0.5, 0.6) is 0 Å². The van der Waals surface area contributed by atoms with E-state index in [0.29, 0.717) is 11.3 Å². The maximum atomic E-state index is 12.1. The van der Waals surface area contributed by atoms with E-state index in [9.17, 15) is 18.0 Å². The predicted molar refractivity (Wildman–Crippen MR) is 102 cm³/mol. The topological polar surface area (TPSA) is 117 Å². The highest BCUT2D eigenvalue weighted by molar-refractivity contribution is 7.89. The van der Waals surface area contributed by atoms with Crippen molar-refractivity contribution < 1.29 is 18.0 Å². The summed E-state index contributed by atoms with van der Waals surface area (Å²) in [4.78, 5) is 27.6. The molecule has 0 atom stereocenters. The number of aromatic nitrogens is 1. The summed E-state index contributed by atoms with van der Waals surface area (Å²) in [6.45, 7) is 3.76. The molecule has 1 aromatic heterocycles. The fraction of sp³-hybridized carbons (Fsp3) is 0.278. The van der Waals surface area contributed by atoms with Crippen molar-refractivity contribution >= 4 is 27.5 Å².